The number of alkyl halides is 3. The number of hydrogen-bond acceptors (Lipinski definition) is 7. The van der Waals surface area contributed by atoms with Crippen LogP contribution >= 0.6 is 0 Å². The Kier molecular flexibility index (Phi) is 8.59. The third kappa shape index (κ3) is 8.35. The van der Waals surface area contributed by atoms with Crippen molar-refractivity contribution >= 4 is 17.5 Å². The van der Waals surface area contributed by atoms with Gasteiger partial charge in [0.05, 0.1) is 5.60 Å². The third-order valence-corrected chi connectivity index (χ3v) is 5.17. The van der Waals surface area contributed by atoms with E-state index < -0.39 is 30.4 Å². The van der Waals surface area contributed by atoms with Crippen LogP contribution in [0.15, 0.2) is 60.8 Å². The van der Waals surface area contributed by atoms with Crippen LogP contribution in [0.5, 0.6) is 11.5 Å². The summed E-state index contributed by atoms with van der Waals surface area (Å²) in [6.45, 7) is 4.60. The molecule has 0 aliphatic rings. The minimum atomic E-state index is -4.48. The SMILES string of the molecule is CC(C)N(CC(F)(F)F)C(=N)OCc1ncc(C(C)(C)O)c(Nc2ccc(Oc3ccccc3)cc2)n1. The minimum absolute atomic E-state index is 0.125. The van der Waals surface area contributed by atoms with Crippen LogP contribution in [0, 0.1) is 5.41 Å². The van der Waals surface area contributed by atoms with Gasteiger partial charge >= 0.3 is 6.18 Å². The summed E-state index contributed by atoms with van der Waals surface area (Å²) in [5.41, 5.74) is -0.233. The molecule has 2 aromatic carbocycles. The van der Waals surface area contributed by atoms with Gasteiger partial charge in [-0.2, -0.15) is 13.2 Å². The molecule has 3 rings (SSSR count). The van der Waals surface area contributed by atoms with E-state index in [1.807, 2.05) is 30.3 Å². The average molecular weight is 518 g/mol. The average Bonchev–Trinajstić information content (AvgIpc) is 2.81. The number of amidine groups is 1. The lowest BCUT2D eigenvalue weighted by Crippen LogP contribution is -2.43. The standard InChI is InChI=1S/C26H30F3N5O3/c1-17(2)34(16-26(27,28)29)24(30)36-15-22-31-14-21(25(3,4)35)23(33-22)32-18-10-12-20(13-11-18)37-19-8-6-5-7-9-19/h5-14,17,30,35H,15-16H2,1-4H3,(H,31,32,33). The lowest BCUT2D eigenvalue weighted by molar-refractivity contribution is -0.142. The van der Waals surface area contributed by atoms with Gasteiger partial charge in [0.15, 0.2) is 12.4 Å². The van der Waals surface area contributed by atoms with Crippen molar-refractivity contribution < 1.29 is 27.8 Å². The normalized spacial score (nSPS) is 11.8. The zero-order valence-electron chi connectivity index (χ0n) is 21.0. The molecule has 0 atom stereocenters. The first-order valence-electron chi connectivity index (χ1n) is 11.6. The number of nitrogens with one attached hydrogen (secondary N) is 2. The summed E-state index contributed by atoms with van der Waals surface area (Å²) in [6.07, 6.45) is -3.07. The van der Waals surface area contributed by atoms with E-state index in [9.17, 15) is 18.3 Å². The first-order valence-corrected chi connectivity index (χ1v) is 11.6. The summed E-state index contributed by atoms with van der Waals surface area (Å²) in [6, 6.07) is 15.2. The second-order valence-corrected chi connectivity index (χ2v) is 9.10. The van der Waals surface area contributed by atoms with E-state index in [-0.39, 0.29) is 12.4 Å². The van der Waals surface area contributed by atoms with Crippen LogP contribution in [-0.4, -0.2) is 44.8 Å². The fraction of sp³-hybridized carbons (Fsp3) is 0.346. The van der Waals surface area contributed by atoms with Gasteiger partial charge < -0.3 is 24.8 Å². The van der Waals surface area contributed by atoms with Gasteiger partial charge in [-0.1, -0.05) is 18.2 Å². The monoisotopic (exact) mass is 517 g/mol. The molecular formula is C26H30F3N5O3. The quantitative estimate of drug-likeness (QED) is 0.238. The Bertz CT molecular complexity index is 1180. The molecule has 0 bridgehead atoms. The van der Waals surface area contributed by atoms with E-state index in [1.54, 1.807) is 38.1 Å². The number of aliphatic hydroxyl groups is 1. The van der Waals surface area contributed by atoms with Gasteiger partial charge in [-0.05, 0) is 64.1 Å². The van der Waals surface area contributed by atoms with Gasteiger partial charge in [0.1, 0.15) is 23.9 Å². The van der Waals surface area contributed by atoms with E-state index in [2.05, 4.69) is 15.3 Å². The van der Waals surface area contributed by atoms with Crippen molar-refractivity contribution in [2.45, 2.75) is 52.1 Å². The van der Waals surface area contributed by atoms with Crippen molar-refractivity contribution in [1.29, 1.82) is 5.41 Å². The van der Waals surface area contributed by atoms with E-state index in [0.717, 1.165) is 4.90 Å². The highest BCUT2D eigenvalue weighted by Gasteiger charge is 2.34. The third-order valence-electron chi connectivity index (χ3n) is 5.17. The Balaban J connectivity index is 1.75. The predicted molar refractivity (Wildman–Crippen MR) is 134 cm³/mol. The maximum absolute atomic E-state index is 12.9. The predicted octanol–water partition coefficient (Wildman–Crippen LogP) is 5.96. The van der Waals surface area contributed by atoms with Crippen molar-refractivity contribution in [2.24, 2.45) is 0 Å². The summed E-state index contributed by atoms with van der Waals surface area (Å²) in [7, 11) is 0. The fourth-order valence-corrected chi connectivity index (χ4v) is 3.30. The summed E-state index contributed by atoms with van der Waals surface area (Å²) >= 11 is 0. The fourth-order valence-electron chi connectivity index (χ4n) is 3.30. The smallest absolute Gasteiger partial charge is 0.406 e. The molecule has 0 fully saturated rings. The molecule has 8 nitrogen and oxygen atoms in total. The Labute approximate surface area is 213 Å². The maximum Gasteiger partial charge on any atom is 0.406 e. The zero-order chi connectivity index (χ0) is 27.2. The number of anilines is 2. The summed E-state index contributed by atoms with van der Waals surface area (Å²) in [5, 5.41) is 21.7. The molecule has 3 N–H and O–H groups in total. The van der Waals surface area contributed by atoms with Crippen LogP contribution in [0.25, 0.3) is 0 Å². The van der Waals surface area contributed by atoms with Gasteiger partial charge in [0.25, 0.3) is 6.02 Å². The van der Waals surface area contributed by atoms with Gasteiger partial charge in [0.2, 0.25) is 0 Å². The number of nitrogens with zero attached hydrogens (tertiary/aromatic N) is 3. The number of para-hydroxylation sites is 1. The largest absolute Gasteiger partial charge is 0.457 e. The molecule has 0 amide bonds. The van der Waals surface area contributed by atoms with Crippen LogP contribution < -0.4 is 10.1 Å². The molecule has 0 saturated heterocycles. The Hall–Kier alpha value is -3.86. The Morgan fingerprint density at radius 2 is 1.68 bits per heavy atom. The van der Waals surface area contributed by atoms with Crippen LogP contribution in [-0.2, 0) is 16.9 Å². The van der Waals surface area contributed by atoms with Crippen molar-refractivity contribution in [2.75, 3.05) is 11.9 Å². The molecule has 0 unspecified atom stereocenters. The van der Waals surface area contributed by atoms with E-state index in [1.165, 1.54) is 20.0 Å². The topological polar surface area (TPSA) is 104 Å². The lowest BCUT2D eigenvalue weighted by atomic mass is 10.0. The number of halogens is 3. The lowest BCUT2D eigenvalue weighted by Gasteiger charge is -2.29. The summed E-state index contributed by atoms with van der Waals surface area (Å²) in [4.78, 5) is 9.36. The van der Waals surface area contributed by atoms with Crippen molar-refractivity contribution in [3.63, 3.8) is 0 Å². The molecule has 3 aromatic rings. The van der Waals surface area contributed by atoms with Crippen LogP contribution in [0.2, 0.25) is 0 Å². The van der Waals surface area contributed by atoms with E-state index >= 15 is 0 Å². The molecule has 1 aromatic heterocycles. The highest BCUT2D eigenvalue weighted by atomic mass is 19.4. The summed E-state index contributed by atoms with van der Waals surface area (Å²) < 4.78 is 49.7. The molecule has 0 spiro atoms. The minimum Gasteiger partial charge on any atom is -0.457 e. The molecule has 37 heavy (non-hydrogen) atoms. The van der Waals surface area contributed by atoms with Gasteiger partial charge in [-0.3, -0.25) is 5.41 Å². The number of rotatable bonds is 9. The molecule has 0 aliphatic carbocycles. The highest BCUT2D eigenvalue weighted by Crippen LogP contribution is 2.29. The zero-order valence-corrected chi connectivity index (χ0v) is 21.0. The first-order chi connectivity index (χ1) is 17.3. The van der Waals surface area contributed by atoms with E-state index in [4.69, 9.17) is 14.9 Å². The molecule has 198 valence electrons. The Morgan fingerprint density at radius 1 is 1.05 bits per heavy atom. The molecule has 0 aliphatic heterocycles. The van der Waals surface area contributed by atoms with Gasteiger partial charge in [0, 0.05) is 23.5 Å². The highest BCUT2D eigenvalue weighted by molar-refractivity contribution is 5.70. The number of hydrogen-bond donors (Lipinski definition) is 3. The molecule has 0 saturated carbocycles. The summed E-state index contributed by atoms with van der Waals surface area (Å²) in [5.74, 6) is 1.74. The van der Waals surface area contributed by atoms with Gasteiger partial charge in [-0.25, -0.2) is 9.97 Å². The number of ether oxygens (including phenoxy) is 2. The van der Waals surface area contributed by atoms with Gasteiger partial charge in [-0.15, -0.1) is 0 Å². The van der Waals surface area contributed by atoms with E-state index in [0.29, 0.717) is 28.6 Å². The van der Waals surface area contributed by atoms with Crippen LogP contribution in [0.3, 0.4) is 0 Å². The molecule has 1 heterocycles. The second-order valence-electron chi connectivity index (χ2n) is 9.10. The maximum atomic E-state index is 12.9. The van der Waals surface area contributed by atoms with Crippen molar-refractivity contribution in [3.05, 3.63) is 72.2 Å². The number of aromatic nitrogens is 2. The van der Waals surface area contributed by atoms with Crippen LogP contribution in [0.4, 0.5) is 24.7 Å². The first kappa shape index (κ1) is 27.7. The Morgan fingerprint density at radius 3 is 2.24 bits per heavy atom. The van der Waals surface area contributed by atoms with Crippen molar-refractivity contribution in [3.8, 4) is 11.5 Å². The molecule has 11 heteroatoms. The van der Waals surface area contributed by atoms with Crippen LogP contribution in [0.1, 0.15) is 39.1 Å². The molecular weight excluding hydrogens is 487 g/mol. The number of benzene rings is 2. The van der Waals surface area contributed by atoms with Crippen molar-refractivity contribution in [1.82, 2.24) is 14.9 Å². The molecule has 0 radical (unpaired) electrons. The second kappa shape index (κ2) is 11.5.